The summed E-state index contributed by atoms with van der Waals surface area (Å²) in [6.07, 6.45) is 3.32. The largest absolute Gasteiger partial charge is 0.352 e. The van der Waals surface area contributed by atoms with Crippen LogP contribution in [0.4, 0.5) is 0 Å². The monoisotopic (exact) mass is 393 g/mol. The third-order valence-corrected chi connectivity index (χ3v) is 7.39. The Morgan fingerprint density at radius 3 is 2.44 bits per heavy atom. The average molecular weight is 394 g/mol. The van der Waals surface area contributed by atoms with Gasteiger partial charge in [-0.3, -0.25) is 4.79 Å². The Hall–Kier alpha value is -1.44. The van der Waals surface area contributed by atoms with Crippen LogP contribution in [0.15, 0.2) is 29.2 Å². The van der Waals surface area contributed by atoms with Crippen LogP contribution < -0.4 is 10.6 Å². The minimum atomic E-state index is -3.51. The molecule has 0 aliphatic carbocycles. The topological polar surface area (TPSA) is 78.5 Å². The molecular formula is C20H31N3O3S. The van der Waals surface area contributed by atoms with Gasteiger partial charge in [0.15, 0.2) is 0 Å². The molecule has 6 nitrogen and oxygen atoms in total. The Kier molecular flexibility index (Phi) is 6.55. The Bertz CT molecular complexity index is 732. The number of sulfonamides is 1. The number of carbonyl (C=O) groups excluding carboxylic acids is 1. The van der Waals surface area contributed by atoms with Gasteiger partial charge in [0, 0.05) is 25.2 Å². The van der Waals surface area contributed by atoms with Gasteiger partial charge in [-0.25, -0.2) is 8.42 Å². The number of rotatable bonds is 5. The van der Waals surface area contributed by atoms with Gasteiger partial charge in [-0.15, -0.1) is 0 Å². The summed E-state index contributed by atoms with van der Waals surface area (Å²) in [4.78, 5) is 12.6. The maximum atomic E-state index is 12.9. The van der Waals surface area contributed by atoms with Gasteiger partial charge >= 0.3 is 0 Å². The number of nitrogens with zero attached hydrogens (tertiary/aromatic N) is 1. The molecule has 2 heterocycles. The first-order valence-corrected chi connectivity index (χ1v) is 11.4. The van der Waals surface area contributed by atoms with E-state index in [1.165, 1.54) is 0 Å². The van der Waals surface area contributed by atoms with Crippen molar-refractivity contribution in [1.29, 1.82) is 0 Å². The highest BCUT2D eigenvalue weighted by Crippen LogP contribution is 2.26. The van der Waals surface area contributed by atoms with E-state index in [0.717, 1.165) is 32.4 Å². The van der Waals surface area contributed by atoms with Gasteiger partial charge in [-0.05, 0) is 74.4 Å². The molecule has 2 aliphatic heterocycles. The number of hydrogen-bond donors (Lipinski definition) is 2. The summed E-state index contributed by atoms with van der Waals surface area (Å²) in [6, 6.07) is 6.32. The maximum absolute atomic E-state index is 12.9. The van der Waals surface area contributed by atoms with Crippen molar-refractivity contribution in [3.05, 3.63) is 29.8 Å². The Morgan fingerprint density at radius 1 is 1.19 bits per heavy atom. The molecule has 1 aromatic rings. The highest BCUT2D eigenvalue weighted by Gasteiger charge is 2.31. The smallest absolute Gasteiger partial charge is 0.251 e. The van der Waals surface area contributed by atoms with Crippen LogP contribution in [-0.2, 0) is 10.0 Å². The normalized spacial score (nSPS) is 27.3. The van der Waals surface area contributed by atoms with Gasteiger partial charge in [-0.2, -0.15) is 4.31 Å². The van der Waals surface area contributed by atoms with E-state index in [2.05, 4.69) is 24.5 Å². The summed E-state index contributed by atoms with van der Waals surface area (Å²) in [5, 5.41) is 6.30. The molecule has 3 rings (SSSR count). The predicted molar refractivity (Wildman–Crippen MR) is 106 cm³/mol. The van der Waals surface area contributed by atoms with E-state index in [0.29, 0.717) is 43.0 Å². The lowest BCUT2D eigenvalue weighted by atomic mass is 9.94. The van der Waals surface area contributed by atoms with Gasteiger partial charge in [0.25, 0.3) is 5.91 Å². The van der Waals surface area contributed by atoms with E-state index in [1.54, 1.807) is 28.6 Å². The molecule has 2 saturated heterocycles. The zero-order chi connectivity index (χ0) is 19.4. The molecule has 0 radical (unpaired) electrons. The number of nitrogens with one attached hydrogen (secondary N) is 2. The molecular weight excluding hydrogens is 362 g/mol. The second-order valence-electron chi connectivity index (χ2n) is 8.21. The lowest BCUT2D eigenvalue weighted by Crippen LogP contribution is -2.42. The van der Waals surface area contributed by atoms with Crippen LogP contribution >= 0.6 is 0 Å². The molecule has 2 fully saturated rings. The summed E-state index contributed by atoms with van der Waals surface area (Å²) in [6.45, 7) is 7.93. The average Bonchev–Trinajstić information content (AvgIpc) is 2.66. The lowest BCUT2D eigenvalue weighted by Gasteiger charge is -2.34. The van der Waals surface area contributed by atoms with Gasteiger partial charge in [0.05, 0.1) is 4.90 Å². The van der Waals surface area contributed by atoms with Crippen LogP contribution in [-0.4, -0.2) is 51.4 Å². The molecule has 1 aromatic carbocycles. The Morgan fingerprint density at radius 2 is 1.85 bits per heavy atom. The van der Waals surface area contributed by atoms with E-state index in [-0.39, 0.29) is 10.8 Å². The zero-order valence-corrected chi connectivity index (χ0v) is 17.1. The SMILES string of the molecule is CC1CC(C)CN(S(=O)(=O)c2ccc(C(=O)NCC3CCCNC3)cc2)C1. The second-order valence-corrected chi connectivity index (χ2v) is 10.2. The molecule has 1 amide bonds. The minimum Gasteiger partial charge on any atom is -0.352 e. The summed E-state index contributed by atoms with van der Waals surface area (Å²) >= 11 is 0. The first-order chi connectivity index (χ1) is 12.9. The molecule has 7 heteroatoms. The van der Waals surface area contributed by atoms with E-state index in [9.17, 15) is 13.2 Å². The number of piperidine rings is 2. The molecule has 0 spiro atoms. The van der Waals surface area contributed by atoms with Crippen molar-refractivity contribution < 1.29 is 13.2 Å². The molecule has 3 atom stereocenters. The maximum Gasteiger partial charge on any atom is 0.251 e. The highest BCUT2D eigenvalue weighted by atomic mass is 32.2. The fraction of sp³-hybridized carbons (Fsp3) is 0.650. The molecule has 3 unspecified atom stereocenters. The van der Waals surface area contributed by atoms with E-state index >= 15 is 0 Å². The highest BCUT2D eigenvalue weighted by molar-refractivity contribution is 7.89. The van der Waals surface area contributed by atoms with E-state index in [4.69, 9.17) is 0 Å². The van der Waals surface area contributed by atoms with Crippen molar-refractivity contribution in [2.75, 3.05) is 32.7 Å². The number of benzene rings is 1. The van der Waals surface area contributed by atoms with Crippen LogP contribution in [0.5, 0.6) is 0 Å². The van der Waals surface area contributed by atoms with Crippen molar-refractivity contribution in [3.63, 3.8) is 0 Å². The first kappa shape index (κ1) is 20.3. The predicted octanol–water partition coefficient (Wildman–Crippen LogP) is 2.08. The fourth-order valence-electron chi connectivity index (χ4n) is 4.17. The van der Waals surface area contributed by atoms with Crippen molar-refractivity contribution in [1.82, 2.24) is 14.9 Å². The Labute approximate surface area is 162 Å². The fourth-order valence-corrected chi connectivity index (χ4v) is 5.85. The summed E-state index contributed by atoms with van der Waals surface area (Å²) in [5.74, 6) is 1.04. The first-order valence-electron chi connectivity index (χ1n) is 9.95. The van der Waals surface area contributed by atoms with Crippen LogP contribution in [0, 0.1) is 17.8 Å². The molecule has 0 aromatic heterocycles. The molecule has 27 heavy (non-hydrogen) atoms. The standard InChI is InChI=1S/C20H31N3O3S/c1-15-10-16(2)14-23(13-15)27(25,26)19-7-5-18(6-8-19)20(24)22-12-17-4-3-9-21-11-17/h5-8,15-17,21H,3-4,9-14H2,1-2H3,(H,22,24). The van der Waals surface area contributed by atoms with Crippen LogP contribution in [0.25, 0.3) is 0 Å². The summed E-state index contributed by atoms with van der Waals surface area (Å²) < 4.78 is 27.4. The second kappa shape index (κ2) is 8.71. The van der Waals surface area contributed by atoms with Crippen LogP contribution in [0.1, 0.15) is 43.5 Å². The van der Waals surface area contributed by atoms with Crippen molar-refractivity contribution in [2.45, 2.75) is 38.0 Å². The van der Waals surface area contributed by atoms with Crippen molar-refractivity contribution >= 4 is 15.9 Å². The molecule has 0 bridgehead atoms. The lowest BCUT2D eigenvalue weighted by molar-refractivity contribution is 0.0944. The minimum absolute atomic E-state index is 0.148. The van der Waals surface area contributed by atoms with Gasteiger partial charge in [-0.1, -0.05) is 13.8 Å². The summed E-state index contributed by atoms with van der Waals surface area (Å²) in [5.41, 5.74) is 0.498. The van der Waals surface area contributed by atoms with Gasteiger partial charge in [0.2, 0.25) is 10.0 Å². The van der Waals surface area contributed by atoms with E-state index in [1.807, 2.05) is 0 Å². The van der Waals surface area contributed by atoms with E-state index < -0.39 is 10.0 Å². The Balaban J connectivity index is 1.62. The molecule has 2 N–H and O–H groups in total. The molecule has 2 aliphatic rings. The van der Waals surface area contributed by atoms with Crippen molar-refractivity contribution in [2.24, 2.45) is 17.8 Å². The molecule has 150 valence electrons. The zero-order valence-electron chi connectivity index (χ0n) is 16.3. The van der Waals surface area contributed by atoms with Gasteiger partial charge < -0.3 is 10.6 Å². The number of carbonyl (C=O) groups is 1. The number of amides is 1. The molecule has 0 saturated carbocycles. The third-order valence-electron chi connectivity index (χ3n) is 5.54. The van der Waals surface area contributed by atoms with Crippen LogP contribution in [0.3, 0.4) is 0 Å². The quantitative estimate of drug-likeness (QED) is 0.803. The van der Waals surface area contributed by atoms with Crippen molar-refractivity contribution in [3.8, 4) is 0 Å². The van der Waals surface area contributed by atoms with Gasteiger partial charge in [0.1, 0.15) is 0 Å². The number of hydrogen-bond acceptors (Lipinski definition) is 4. The third kappa shape index (κ3) is 5.09. The summed E-state index contributed by atoms with van der Waals surface area (Å²) in [7, 11) is -3.51. The van der Waals surface area contributed by atoms with Crippen LogP contribution in [0.2, 0.25) is 0 Å².